The zero-order valence-electron chi connectivity index (χ0n) is 14.9. The number of aromatic nitrogens is 2. The predicted molar refractivity (Wildman–Crippen MR) is 89.3 cm³/mol. The van der Waals surface area contributed by atoms with Crippen molar-refractivity contribution in [2.45, 2.75) is 26.0 Å². The summed E-state index contributed by atoms with van der Waals surface area (Å²) in [5.74, 6) is -2.71. The van der Waals surface area contributed by atoms with Crippen LogP contribution in [0.3, 0.4) is 0 Å². The molecule has 0 unspecified atom stereocenters. The molecular formula is C16H15N4NaO5S. The van der Waals surface area contributed by atoms with Crippen LogP contribution in [-0.2, 0) is 9.59 Å². The molecule has 0 spiro atoms. The molecule has 0 bridgehead atoms. The van der Waals surface area contributed by atoms with Crippen LogP contribution < -0.4 is 34.7 Å². The Balaban J connectivity index is 0.00000210. The van der Waals surface area contributed by atoms with E-state index in [1.54, 1.807) is 10.6 Å². The maximum Gasteiger partial charge on any atom is 1.00 e. The Morgan fingerprint density at radius 1 is 1.52 bits per heavy atom. The first kappa shape index (κ1) is 20.0. The fraction of sp³-hybridized carbons (Fsp3) is 0.375. The van der Waals surface area contributed by atoms with E-state index in [4.69, 9.17) is 5.21 Å². The quantitative estimate of drug-likeness (QED) is 0.181. The summed E-state index contributed by atoms with van der Waals surface area (Å²) in [5, 5.41) is 33.4. The van der Waals surface area contributed by atoms with E-state index in [0.29, 0.717) is 21.0 Å². The van der Waals surface area contributed by atoms with Crippen molar-refractivity contribution in [1.29, 1.82) is 0 Å². The Hall–Kier alpha value is -1.72. The van der Waals surface area contributed by atoms with Gasteiger partial charge in [0.1, 0.15) is 16.9 Å². The zero-order chi connectivity index (χ0) is 18.7. The summed E-state index contributed by atoms with van der Waals surface area (Å²) in [6.07, 6.45) is 3.60. The number of aliphatic carboxylic acids is 1. The van der Waals surface area contributed by atoms with Crippen LogP contribution in [0.2, 0.25) is 0 Å². The van der Waals surface area contributed by atoms with Crippen molar-refractivity contribution >= 4 is 39.8 Å². The topological polar surface area (TPSA) is 131 Å². The molecule has 2 aromatic heterocycles. The van der Waals surface area contributed by atoms with Crippen molar-refractivity contribution in [2.75, 3.05) is 0 Å². The number of fused-ring (bicyclic) bond motifs is 2. The zero-order valence-corrected chi connectivity index (χ0v) is 17.7. The molecule has 2 aromatic rings. The van der Waals surface area contributed by atoms with Crippen molar-refractivity contribution < 1.29 is 54.6 Å². The normalized spacial score (nSPS) is 25.7. The van der Waals surface area contributed by atoms with E-state index in [0.717, 1.165) is 0 Å². The van der Waals surface area contributed by atoms with Gasteiger partial charge in [-0.15, -0.1) is 11.3 Å². The van der Waals surface area contributed by atoms with Crippen LogP contribution >= 0.6 is 11.3 Å². The molecule has 0 aliphatic carbocycles. The van der Waals surface area contributed by atoms with Crippen molar-refractivity contribution in [2.24, 2.45) is 17.0 Å². The van der Waals surface area contributed by atoms with Crippen molar-refractivity contribution in [3.8, 4) is 0 Å². The molecule has 1 fully saturated rings. The molecule has 1 amide bonds. The van der Waals surface area contributed by atoms with E-state index >= 15 is 0 Å². The summed E-state index contributed by atoms with van der Waals surface area (Å²) in [5.41, 5.74) is 0.817. The number of amides is 1. The van der Waals surface area contributed by atoms with E-state index in [9.17, 15) is 19.8 Å². The fourth-order valence-corrected chi connectivity index (χ4v) is 5.15. The molecule has 0 aromatic carbocycles. The monoisotopic (exact) mass is 398 g/mol. The number of rotatable bonds is 4. The molecule has 2 aliphatic rings. The Kier molecular flexibility index (Phi) is 5.21. The maximum absolute atomic E-state index is 12.4. The number of imidazole rings is 1. The van der Waals surface area contributed by atoms with Crippen LogP contribution in [0.15, 0.2) is 23.4 Å². The summed E-state index contributed by atoms with van der Waals surface area (Å²) in [4.78, 5) is 30.8. The minimum atomic E-state index is -1.42. The molecule has 27 heavy (non-hydrogen) atoms. The summed E-state index contributed by atoms with van der Waals surface area (Å²) >= 11 is 1.28. The SMILES string of the molecule is C[C@@H](O)[C@H]1C(=O)N2C(C(=O)[O-])=C(c3cn4cnc(C=NO)c4s3)[C@H](C)[C@H]12.[Na+]. The van der Waals surface area contributed by atoms with Gasteiger partial charge in [0, 0.05) is 17.7 Å². The summed E-state index contributed by atoms with van der Waals surface area (Å²) in [7, 11) is 0. The molecule has 4 heterocycles. The van der Waals surface area contributed by atoms with E-state index in [1.807, 2.05) is 6.92 Å². The first-order valence-electron chi connectivity index (χ1n) is 7.97. The van der Waals surface area contributed by atoms with E-state index in [-0.39, 0.29) is 41.2 Å². The number of nitrogens with zero attached hydrogens (tertiary/aromatic N) is 4. The second kappa shape index (κ2) is 7.02. The number of carboxylic acids is 1. The Morgan fingerprint density at radius 2 is 2.22 bits per heavy atom. The number of carbonyl (C=O) groups is 2. The number of aliphatic hydroxyl groups is 1. The molecule has 136 valence electrons. The molecule has 2 aliphatic heterocycles. The summed E-state index contributed by atoms with van der Waals surface area (Å²) < 4.78 is 1.70. The van der Waals surface area contributed by atoms with Gasteiger partial charge >= 0.3 is 29.6 Å². The Morgan fingerprint density at radius 3 is 2.81 bits per heavy atom. The summed E-state index contributed by atoms with van der Waals surface area (Å²) in [6.45, 7) is 3.37. The van der Waals surface area contributed by atoms with Crippen LogP contribution in [0.25, 0.3) is 10.4 Å². The fourth-order valence-electron chi connectivity index (χ4n) is 3.97. The standard InChI is InChI=1S/C16H16N4O5S.Na/c1-6-10(9-4-19-5-17-8(3-18-25)15(19)26-9)13(16(23)24)20-12(6)11(7(2)21)14(20)22;/h3-7,11-12,21,25H,1-2H3,(H,23,24);/q;+1/p-1/t6-,7+,11+,12+;/m0./s1. The minimum absolute atomic E-state index is 0. The van der Waals surface area contributed by atoms with E-state index in [2.05, 4.69) is 10.1 Å². The van der Waals surface area contributed by atoms with Gasteiger partial charge in [-0.3, -0.25) is 9.20 Å². The molecule has 0 radical (unpaired) electrons. The van der Waals surface area contributed by atoms with Crippen molar-refractivity contribution in [1.82, 2.24) is 14.3 Å². The Bertz CT molecular complexity index is 994. The third-order valence-electron chi connectivity index (χ3n) is 5.05. The molecule has 4 atom stereocenters. The molecule has 11 heteroatoms. The average molecular weight is 398 g/mol. The van der Waals surface area contributed by atoms with Crippen LogP contribution in [-0.4, -0.2) is 54.8 Å². The third kappa shape index (κ3) is 2.74. The van der Waals surface area contributed by atoms with Gasteiger partial charge in [-0.25, -0.2) is 4.98 Å². The number of hydrogen-bond donors (Lipinski definition) is 2. The average Bonchev–Trinajstić information content (AvgIpc) is 3.19. The van der Waals surface area contributed by atoms with Crippen LogP contribution in [0.1, 0.15) is 24.4 Å². The number of aliphatic hydroxyl groups excluding tert-OH is 1. The van der Waals surface area contributed by atoms with E-state index in [1.165, 1.54) is 35.7 Å². The smallest absolute Gasteiger partial charge is 0.543 e. The van der Waals surface area contributed by atoms with Crippen LogP contribution in [0.5, 0.6) is 0 Å². The van der Waals surface area contributed by atoms with Gasteiger partial charge in [0.25, 0.3) is 0 Å². The number of carbonyl (C=O) groups excluding carboxylic acids is 2. The first-order chi connectivity index (χ1) is 12.4. The van der Waals surface area contributed by atoms with Gasteiger partial charge in [0.15, 0.2) is 0 Å². The van der Waals surface area contributed by atoms with Crippen LogP contribution in [0.4, 0.5) is 0 Å². The predicted octanol–water partition coefficient (Wildman–Crippen LogP) is -3.47. The van der Waals surface area contributed by atoms with Gasteiger partial charge in [-0.05, 0) is 6.92 Å². The second-order valence-corrected chi connectivity index (χ2v) is 7.52. The summed E-state index contributed by atoms with van der Waals surface area (Å²) in [6, 6.07) is -0.400. The molecule has 0 saturated carbocycles. The number of hydrogen-bond acceptors (Lipinski definition) is 8. The molecule has 9 nitrogen and oxygen atoms in total. The Labute approximate surface area is 179 Å². The van der Waals surface area contributed by atoms with Crippen molar-refractivity contribution in [3.05, 3.63) is 28.8 Å². The largest absolute Gasteiger partial charge is 1.00 e. The van der Waals surface area contributed by atoms with Gasteiger partial charge in [0.2, 0.25) is 5.91 Å². The number of oxime groups is 1. The number of thiazole rings is 1. The minimum Gasteiger partial charge on any atom is -0.543 e. The van der Waals surface area contributed by atoms with Gasteiger partial charge in [0.05, 0.1) is 40.8 Å². The molecule has 4 rings (SSSR count). The molecular weight excluding hydrogens is 383 g/mol. The van der Waals surface area contributed by atoms with Gasteiger partial charge in [-0.1, -0.05) is 12.1 Å². The first-order valence-corrected chi connectivity index (χ1v) is 8.79. The van der Waals surface area contributed by atoms with Crippen LogP contribution in [0, 0.1) is 11.8 Å². The van der Waals surface area contributed by atoms with Gasteiger partial charge in [-0.2, -0.15) is 0 Å². The third-order valence-corrected chi connectivity index (χ3v) is 6.21. The maximum atomic E-state index is 12.4. The number of carboxylic acid groups (broad SMARTS) is 1. The van der Waals surface area contributed by atoms with Crippen molar-refractivity contribution in [3.63, 3.8) is 0 Å². The van der Waals surface area contributed by atoms with E-state index < -0.39 is 29.9 Å². The number of β-lactam (4-membered cyclic amide) rings is 1. The van der Waals surface area contributed by atoms with Gasteiger partial charge < -0.3 is 25.1 Å². The molecule has 2 N–H and O–H groups in total. The molecule has 1 saturated heterocycles. The second-order valence-electron chi connectivity index (χ2n) is 6.49.